The first-order valence-corrected chi connectivity index (χ1v) is 6.58. The lowest BCUT2D eigenvalue weighted by Crippen LogP contribution is -2.37. The van der Waals surface area contributed by atoms with E-state index in [4.69, 9.17) is 5.11 Å². The standard InChI is InChI=1S/C15H23NO3/c1-15(2,12-6-4-3-5-7-12)11-16-10-13(17)8-9-14(18)19/h3-7,13,16-17H,8-11H2,1-2H3,(H,18,19). The Morgan fingerprint density at radius 1 is 1.32 bits per heavy atom. The number of hydrogen-bond acceptors (Lipinski definition) is 3. The number of nitrogens with one attached hydrogen (secondary N) is 1. The average molecular weight is 265 g/mol. The van der Waals surface area contributed by atoms with Crippen molar-refractivity contribution >= 4 is 5.97 Å². The van der Waals surface area contributed by atoms with Crippen LogP contribution in [0.4, 0.5) is 0 Å². The Bertz CT molecular complexity index is 390. The van der Waals surface area contributed by atoms with Crippen molar-refractivity contribution in [2.45, 2.75) is 38.2 Å². The number of benzene rings is 1. The number of carboxylic acids is 1. The fraction of sp³-hybridized carbons (Fsp3) is 0.533. The highest BCUT2D eigenvalue weighted by atomic mass is 16.4. The van der Waals surface area contributed by atoms with E-state index in [0.29, 0.717) is 6.54 Å². The van der Waals surface area contributed by atoms with Crippen LogP contribution in [0.2, 0.25) is 0 Å². The smallest absolute Gasteiger partial charge is 0.303 e. The predicted molar refractivity (Wildman–Crippen MR) is 75.2 cm³/mol. The molecule has 1 unspecified atom stereocenters. The van der Waals surface area contributed by atoms with Gasteiger partial charge in [0.1, 0.15) is 0 Å². The number of aliphatic carboxylic acids is 1. The lowest BCUT2D eigenvalue weighted by Gasteiger charge is -2.26. The third kappa shape index (κ3) is 5.85. The van der Waals surface area contributed by atoms with Crippen LogP contribution in [0, 0.1) is 0 Å². The molecule has 0 aliphatic carbocycles. The Hall–Kier alpha value is -1.39. The fourth-order valence-electron chi connectivity index (χ4n) is 1.93. The molecule has 106 valence electrons. The minimum Gasteiger partial charge on any atom is -0.481 e. The molecule has 4 nitrogen and oxygen atoms in total. The molecule has 0 saturated carbocycles. The summed E-state index contributed by atoms with van der Waals surface area (Å²) in [4.78, 5) is 10.4. The van der Waals surface area contributed by atoms with Gasteiger partial charge < -0.3 is 15.5 Å². The molecule has 0 aliphatic heterocycles. The molecule has 0 amide bonds. The van der Waals surface area contributed by atoms with E-state index >= 15 is 0 Å². The van der Waals surface area contributed by atoms with Gasteiger partial charge in [-0.1, -0.05) is 44.2 Å². The van der Waals surface area contributed by atoms with Gasteiger partial charge in [0.15, 0.2) is 0 Å². The molecule has 0 saturated heterocycles. The second kappa shape index (κ2) is 7.26. The molecular formula is C15H23NO3. The number of carboxylic acid groups (broad SMARTS) is 1. The summed E-state index contributed by atoms with van der Waals surface area (Å²) >= 11 is 0. The lowest BCUT2D eigenvalue weighted by molar-refractivity contribution is -0.137. The molecule has 0 fully saturated rings. The summed E-state index contributed by atoms with van der Waals surface area (Å²) in [6, 6.07) is 10.2. The average Bonchev–Trinajstić information content (AvgIpc) is 2.37. The van der Waals surface area contributed by atoms with Crippen molar-refractivity contribution in [3.05, 3.63) is 35.9 Å². The Kier molecular flexibility index (Phi) is 5.99. The Morgan fingerprint density at radius 2 is 1.95 bits per heavy atom. The van der Waals surface area contributed by atoms with Gasteiger partial charge in [-0.25, -0.2) is 0 Å². The van der Waals surface area contributed by atoms with Gasteiger partial charge in [-0.15, -0.1) is 0 Å². The number of aliphatic hydroxyl groups excluding tert-OH is 1. The van der Waals surface area contributed by atoms with Crippen molar-refractivity contribution in [1.29, 1.82) is 0 Å². The molecule has 0 bridgehead atoms. The van der Waals surface area contributed by atoms with Crippen molar-refractivity contribution in [2.24, 2.45) is 0 Å². The molecule has 0 spiro atoms. The molecule has 4 heteroatoms. The molecule has 0 heterocycles. The summed E-state index contributed by atoms with van der Waals surface area (Å²) in [5, 5.41) is 21.4. The third-order valence-electron chi connectivity index (χ3n) is 3.19. The summed E-state index contributed by atoms with van der Waals surface area (Å²) in [7, 11) is 0. The largest absolute Gasteiger partial charge is 0.481 e. The van der Waals surface area contributed by atoms with Crippen LogP contribution in [0.15, 0.2) is 30.3 Å². The van der Waals surface area contributed by atoms with Gasteiger partial charge in [-0.3, -0.25) is 4.79 Å². The molecule has 1 rings (SSSR count). The number of carbonyl (C=O) groups is 1. The first-order chi connectivity index (χ1) is 8.92. The molecule has 0 aliphatic rings. The monoisotopic (exact) mass is 265 g/mol. The van der Waals surface area contributed by atoms with Crippen LogP contribution in [0.25, 0.3) is 0 Å². The number of hydrogen-bond donors (Lipinski definition) is 3. The Balaban J connectivity index is 2.34. The lowest BCUT2D eigenvalue weighted by atomic mass is 9.84. The Labute approximate surface area is 114 Å². The minimum atomic E-state index is -0.872. The van der Waals surface area contributed by atoms with Gasteiger partial charge in [0.25, 0.3) is 0 Å². The van der Waals surface area contributed by atoms with Crippen molar-refractivity contribution in [3.63, 3.8) is 0 Å². The topological polar surface area (TPSA) is 69.6 Å². The second-order valence-corrected chi connectivity index (χ2v) is 5.47. The summed E-state index contributed by atoms with van der Waals surface area (Å²) < 4.78 is 0. The second-order valence-electron chi connectivity index (χ2n) is 5.47. The molecule has 1 aromatic rings. The molecule has 1 atom stereocenters. The first-order valence-electron chi connectivity index (χ1n) is 6.58. The van der Waals surface area contributed by atoms with Gasteiger partial charge >= 0.3 is 5.97 Å². The van der Waals surface area contributed by atoms with Crippen molar-refractivity contribution < 1.29 is 15.0 Å². The highest BCUT2D eigenvalue weighted by Crippen LogP contribution is 2.21. The highest BCUT2D eigenvalue weighted by molar-refractivity contribution is 5.66. The molecule has 1 aromatic carbocycles. The molecule has 3 N–H and O–H groups in total. The predicted octanol–water partition coefficient (Wildman–Crippen LogP) is 1.78. The van der Waals surface area contributed by atoms with Crippen molar-refractivity contribution in [2.75, 3.05) is 13.1 Å². The fourth-order valence-corrected chi connectivity index (χ4v) is 1.93. The minimum absolute atomic E-state index is 0.00489. The van der Waals surface area contributed by atoms with E-state index in [2.05, 4.69) is 31.3 Å². The highest BCUT2D eigenvalue weighted by Gasteiger charge is 2.20. The van der Waals surface area contributed by atoms with Crippen molar-refractivity contribution in [3.8, 4) is 0 Å². The first kappa shape index (κ1) is 15.7. The van der Waals surface area contributed by atoms with Crippen molar-refractivity contribution in [1.82, 2.24) is 5.32 Å². The van der Waals surface area contributed by atoms with Crippen LogP contribution in [0.3, 0.4) is 0 Å². The van der Waals surface area contributed by atoms with Crippen LogP contribution < -0.4 is 5.32 Å². The van der Waals surface area contributed by atoms with E-state index in [1.54, 1.807) is 0 Å². The van der Waals surface area contributed by atoms with E-state index in [-0.39, 0.29) is 18.3 Å². The Morgan fingerprint density at radius 3 is 2.53 bits per heavy atom. The summed E-state index contributed by atoms with van der Waals surface area (Å²) in [6.07, 6.45) is -0.318. The molecule has 0 radical (unpaired) electrons. The molecule has 19 heavy (non-hydrogen) atoms. The van der Waals surface area contributed by atoms with E-state index < -0.39 is 12.1 Å². The zero-order valence-corrected chi connectivity index (χ0v) is 11.6. The third-order valence-corrected chi connectivity index (χ3v) is 3.19. The van der Waals surface area contributed by atoms with Gasteiger partial charge in [0.05, 0.1) is 6.10 Å². The summed E-state index contributed by atoms with van der Waals surface area (Å²) in [6.45, 7) is 5.43. The number of rotatable bonds is 8. The maximum Gasteiger partial charge on any atom is 0.303 e. The SMILES string of the molecule is CC(C)(CNCC(O)CCC(=O)O)c1ccccc1. The zero-order valence-electron chi connectivity index (χ0n) is 11.6. The van der Waals surface area contributed by atoms with Gasteiger partial charge in [0.2, 0.25) is 0 Å². The van der Waals surface area contributed by atoms with Crippen LogP contribution in [0.5, 0.6) is 0 Å². The number of aliphatic hydroxyl groups is 1. The van der Waals surface area contributed by atoms with Crippen LogP contribution >= 0.6 is 0 Å². The van der Waals surface area contributed by atoms with Gasteiger partial charge in [-0.05, 0) is 12.0 Å². The maximum atomic E-state index is 10.4. The molecule has 0 aromatic heterocycles. The summed E-state index contributed by atoms with van der Waals surface area (Å²) in [5.74, 6) is -0.872. The van der Waals surface area contributed by atoms with E-state index in [0.717, 1.165) is 6.54 Å². The van der Waals surface area contributed by atoms with Crippen LogP contribution in [-0.4, -0.2) is 35.4 Å². The van der Waals surface area contributed by atoms with E-state index in [1.165, 1.54) is 5.56 Å². The van der Waals surface area contributed by atoms with Crippen LogP contribution in [0.1, 0.15) is 32.3 Å². The molecular weight excluding hydrogens is 242 g/mol. The van der Waals surface area contributed by atoms with E-state index in [9.17, 15) is 9.90 Å². The maximum absolute atomic E-state index is 10.4. The summed E-state index contributed by atoms with van der Waals surface area (Å²) in [5.41, 5.74) is 1.22. The zero-order chi connectivity index (χ0) is 14.3. The van der Waals surface area contributed by atoms with E-state index in [1.807, 2.05) is 18.2 Å². The quantitative estimate of drug-likeness (QED) is 0.670. The van der Waals surface area contributed by atoms with Gasteiger partial charge in [0, 0.05) is 24.9 Å². The van der Waals surface area contributed by atoms with Crippen LogP contribution in [-0.2, 0) is 10.2 Å². The van der Waals surface area contributed by atoms with Gasteiger partial charge in [-0.2, -0.15) is 0 Å². The normalized spacial score (nSPS) is 13.2.